The van der Waals surface area contributed by atoms with Gasteiger partial charge >= 0.3 is 0 Å². The average Bonchev–Trinajstić information content (AvgIpc) is 3.36. The first-order valence-corrected chi connectivity index (χ1v) is 11.3. The number of nitrogens with zero attached hydrogens (tertiary/aromatic N) is 2. The zero-order valence-corrected chi connectivity index (χ0v) is 19.6. The lowest BCUT2D eigenvalue weighted by molar-refractivity contribution is -0.136. The summed E-state index contributed by atoms with van der Waals surface area (Å²) >= 11 is 0. The number of furan rings is 1. The second-order valence-electron chi connectivity index (χ2n) is 8.52. The minimum atomic E-state index is -0.602. The van der Waals surface area contributed by atoms with Crippen LogP contribution >= 0.6 is 0 Å². The van der Waals surface area contributed by atoms with Crippen molar-refractivity contribution >= 4 is 11.8 Å². The second kappa shape index (κ2) is 9.53. The molecule has 0 spiro atoms. The van der Waals surface area contributed by atoms with Gasteiger partial charge in [-0.15, -0.1) is 0 Å². The first-order chi connectivity index (χ1) is 15.9. The van der Waals surface area contributed by atoms with Crippen molar-refractivity contribution in [1.29, 1.82) is 0 Å². The highest BCUT2D eigenvalue weighted by molar-refractivity contribution is 5.92. The molecule has 0 radical (unpaired) electrons. The first-order valence-electron chi connectivity index (χ1n) is 11.3. The van der Waals surface area contributed by atoms with Gasteiger partial charge in [-0.3, -0.25) is 9.59 Å². The molecule has 4 rings (SSSR count). The number of hydrogen-bond acceptors (Lipinski definition) is 4. The largest absolute Gasteiger partial charge is 0.481 e. The van der Waals surface area contributed by atoms with E-state index < -0.39 is 6.10 Å². The van der Waals surface area contributed by atoms with Crippen LogP contribution < -0.4 is 4.74 Å². The Morgan fingerprint density at radius 1 is 1.18 bits per heavy atom. The van der Waals surface area contributed by atoms with Crippen LogP contribution in [0, 0.1) is 6.92 Å². The molecule has 1 aromatic heterocycles. The number of benzene rings is 2. The highest BCUT2D eigenvalue weighted by atomic mass is 16.5. The molecule has 0 saturated carbocycles. The van der Waals surface area contributed by atoms with Crippen molar-refractivity contribution in [2.45, 2.75) is 39.3 Å². The molecule has 2 aromatic carbocycles. The molecule has 33 heavy (non-hydrogen) atoms. The van der Waals surface area contributed by atoms with Crippen molar-refractivity contribution in [2.75, 3.05) is 20.1 Å². The summed E-state index contributed by atoms with van der Waals surface area (Å²) in [5.41, 5.74) is 4.33. The lowest BCUT2D eigenvalue weighted by atomic mass is 9.87. The second-order valence-corrected chi connectivity index (χ2v) is 8.52. The van der Waals surface area contributed by atoms with E-state index in [-0.39, 0.29) is 17.9 Å². The fourth-order valence-electron chi connectivity index (χ4n) is 4.35. The van der Waals surface area contributed by atoms with E-state index in [0.29, 0.717) is 24.6 Å². The quantitative estimate of drug-likeness (QED) is 0.554. The SMILES string of the molecule is CCN(C)C(=O)[C@@H](C)Oc1ccc2c(c1)[C@H](c1cccc(C)c1)N(C(=O)c1ccco1)CC2. The summed E-state index contributed by atoms with van der Waals surface area (Å²) in [7, 11) is 1.76. The molecule has 0 aliphatic carbocycles. The molecule has 6 nitrogen and oxygen atoms in total. The number of carbonyl (C=O) groups is 2. The van der Waals surface area contributed by atoms with Gasteiger partial charge in [0.1, 0.15) is 5.75 Å². The molecule has 6 heteroatoms. The van der Waals surface area contributed by atoms with E-state index in [0.717, 1.165) is 23.1 Å². The summed E-state index contributed by atoms with van der Waals surface area (Å²) in [5, 5.41) is 0. The number of likely N-dealkylation sites (N-methyl/N-ethyl adjacent to an activating group) is 1. The average molecular weight is 447 g/mol. The van der Waals surface area contributed by atoms with Gasteiger partial charge in [0.2, 0.25) is 0 Å². The molecule has 3 aromatic rings. The minimum Gasteiger partial charge on any atom is -0.481 e. The standard InChI is InChI=1S/C27H30N2O4/c1-5-28(4)26(30)19(3)33-22-12-11-20-13-14-29(27(31)24-10-7-15-32-24)25(23(20)17-22)21-9-6-8-18(2)16-21/h6-12,15-17,19,25H,5,13-14H2,1-4H3/t19-,25+/m1/s1. The Kier molecular flexibility index (Phi) is 6.54. The van der Waals surface area contributed by atoms with E-state index in [1.807, 2.05) is 55.1 Å². The van der Waals surface area contributed by atoms with Crippen LogP contribution in [-0.2, 0) is 11.2 Å². The van der Waals surface area contributed by atoms with Crippen LogP contribution in [0.15, 0.2) is 65.3 Å². The number of fused-ring (bicyclic) bond motifs is 1. The third-order valence-corrected chi connectivity index (χ3v) is 6.21. The molecule has 2 amide bonds. The Morgan fingerprint density at radius 3 is 2.70 bits per heavy atom. The Bertz CT molecular complexity index is 1140. The van der Waals surface area contributed by atoms with E-state index in [1.54, 1.807) is 31.0 Å². The molecule has 1 aliphatic heterocycles. The molecule has 0 fully saturated rings. The van der Waals surface area contributed by atoms with Crippen LogP contribution in [0.1, 0.15) is 52.7 Å². The van der Waals surface area contributed by atoms with Crippen molar-refractivity contribution in [2.24, 2.45) is 0 Å². The predicted molar refractivity (Wildman–Crippen MR) is 126 cm³/mol. The van der Waals surface area contributed by atoms with Crippen LogP contribution in [0.25, 0.3) is 0 Å². The van der Waals surface area contributed by atoms with Crippen molar-refractivity contribution < 1.29 is 18.7 Å². The normalized spacial score (nSPS) is 16.1. The summed E-state index contributed by atoms with van der Waals surface area (Å²) in [4.78, 5) is 29.4. The van der Waals surface area contributed by atoms with E-state index in [9.17, 15) is 9.59 Å². The molecular formula is C27H30N2O4. The number of carbonyl (C=O) groups excluding carboxylic acids is 2. The summed E-state index contributed by atoms with van der Waals surface area (Å²) in [6, 6.07) is 17.3. The fraction of sp³-hybridized carbons (Fsp3) is 0.333. The highest BCUT2D eigenvalue weighted by Gasteiger charge is 2.34. The van der Waals surface area contributed by atoms with Gasteiger partial charge in [-0.2, -0.15) is 0 Å². The summed E-state index contributed by atoms with van der Waals surface area (Å²) in [6.07, 6.45) is 1.65. The van der Waals surface area contributed by atoms with Gasteiger partial charge in [-0.1, -0.05) is 35.9 Å². The van der Waals surface area contributed by atoms with Crippen molar-refractivity contribution in [3.8, 4) is 5.75 Å². The molecule has 0 unspecified atom stereocenters. The van der Waals surface area contributed by atoms with Gasteiger partial charge in [-0.25, -0.2) is 0 Å². The molecule has 0 N–H and O–H groups in total. The van der Waals surface area contributed by atoms with Crippen LogP contribution in [0.3, 0.4) is 0 Å². The lowest BCUT2D eigenvalue weighted by Crippen LogP contribution is -2.40. The van der Waals surface area contributed by atoms with Gasteiger partial charge in [-0.05, 0) is 68.1 Å². The number of ether oxygens (including phenoxy) is 1. The van der Waals surface area contributed by atoms with Crippen LogP contribution in [-0.4, -0.2) is 47.9 Å². The maximum atomic E-state index is 13.4. The zero-order valence-electron chi connectivity index (χ0n) is 19.6. The zero-order chi connectivity index (χ0) is 23.5. The van der Waals surface area contributed by atoms with Crippen molar-refractivity contribution in [1.82, 2.24) is 9.80 Å². The molecule has 0 saturated heterocycles. The predicted octanol–water partition coefficient (Wildman–Crippen LogP) is 4.62. The van der Waals surface area contributed by atoms with Gasteiger partial charge in [0.15, 0.2) is 11.9 Å². The fourth-order valence-corrected chi connectivity index (χ4v) is 4.35. The van der Waals surface area contributed by atoms with Crippen LogP contribution in [0.4, 0.5) is 0 Å². The molecule has 0 bridgehead atoms. The van der Waals surface area contributed by atoms with E-state index in [1.165, 1.54) is 11.8 Å². The first kappa shape index (κ1) is 22.6. The van der Waals surface area contributed by atoms with Gasteiger partial charge in [0.05, 0.1) is 12.3 Å². The lowest BCUT2D eigenvalue weighted by Gasteiger charge is -2.37. The maximum Gasteiger partial charge on any atom is 0.290 e. The van der Waals surface area contributed by atoms with E-state index in [4.69, 9.17) is 9.15 Å². The maximum absolute atomic E-state index is 13.4. The minimum absolute atomic E-state index is 0.0694. The highest BCUT2D eigenvalue weighted by Crippen LogP contribution is 2.38. The Balaban J connectivity index is 1.72. The third kappa shape index (κ3) is 4.65. The topological polar surface area (TPSA) is 63.0 Å². The molecule has 2 heterocycles. The molecule has 2 atom stereocenters. The summed E-state index contributed by atoms with van der Waals surface area (Å²) in [6.45, 7) is 6.94. The number of rotatable bonds is 6. The number of aryl methyl sites for hydroxylation is 1. The smallest absolute Gasteiger partial charge is 0.290 e. The molecule has 172 valence electrons. The Labute approximate surface area is 194 Å². The monoisotopic (exact) mass is 446 g/mol. The molecule has 1 aliphatic rings. The summed E-state index contributed by atoms with van der Waals surface area (Å²) < 4.78 is 11.5. The summed E-state index contributed by atoms with van der Waals surface area (Å²) in [5.74, 6) is 0.728. The van der Waals surface area contributed by atoms with E-state index in [2.05, 4.69) is 6.07 Å². The van der Waals surface area contributed by atoms with Crippen LogP contribution in [0.2, 0.25) is 0 Å². The van der Waals surface area contributed by atoms with Crippen molar-refractivity contribution in [3.05, 3.63) is 88.9 Å². The number of amides is 2. The van der Waals surface area contributed by atoms with Gasteiger partial charge < -0.3 is 19.0 Å². The van der Waals surface area contributed by atoms with E-state index >= 15 is 0 Å². The Hall–Kier alpha value is -3.54. The number of hydrogen-bond donors (Lipinski definition) is 0. The van der Waals surface area contributed by atoms with Gasteiger partial charge in [0, 0.05) is 20.1 Å². The molecular weight excluding hydrogens is 416 g/mol. The third-order valence-electron chi connectivity index (χ3n) is 6.21. The van der Waals surface area contributed by atoms with Gasteiger partial charge in [0.25, 0.3) is 11.8 Å². The van der Waals surface area contributed by atoms with Crippen LogP contribution in [0.5, 0.6) is 5.75 Å². The van der Waals surface area contributed by atoms with Crippen molar-refractivity contribution in [3.63, 3.8) is 0 Å². The Morgan fingerprint density at radius 2 is 2.00 bits per heavy atom.